The summed E-state index contributed by atoms with van der Waals surface area (Å²) in [7, 11) is 0. The van der Waals surface area contributed by atoms with Gasteiger partial charge in [-0.25, -0.2) is 0 Å². The van der Waals surface area contributed by atoms with Gasteiger partial charge in [0.05, 0.1) is 32.5 Å². The smallest absolute Gasteiger partial charge is 0.252 e. The van der Waals surface area contributed by atoms with Gasteiger partial charge >= 0.3 is 0 Å². The van der Waals surface area contributed by atoms with Crippen molar-refractivity contribution in [3.63, 3.8) is 0 Å². The average molecular weight is 1650 g/mol. The van der Waals surface area contributed by atoms with Crippen LogP contribution in [0.3, 0.4) is 0 Å². The Kier molecular flexibility index (Phi) is 17.6. The zero-order valence-corrected chi connectivity index (χ0v) is 76.8. The predicted molar refractivity (Wildman–Crippen MR) is 543 cm³/mol. The van der Waals surface area contributed by atoms with Gasteiger partial charge in [-0.2, -0.15) is 0 Å². The summed E-state index contributed by atoms with van der Waals surface area (Å²) >= 11 is 1.96. The minimum absolute atomic E-state index is 0.0742. The highest BCUT2D eigenvalue weighted by molar-refractivity contribution is 7.27. The van der Waals surface area contributed by atoms with Crippen molar-refractivity contribution in [3.8, 4) is 83.6 Å². The van der Waals surface area contributed by atoms with E-state index in [0.29, 0.717) is 0 Å². The van der Waals surface area contributed by atoms with Gasteiger partial charge in [-0.3, -0.25) is 0 Å². The molecule has 0 bridgehead atoms. The van der Waals surface area contributed by atoms with Crippen molar-refractivity contribution in [3.05, 3.63) is 383 Å². The number of nitrogens with zero attached hydrogens (tertiary/aromatic N) is 3. The van der Waals surface area contributed by atoms with Crippen molar-refractivity contribution in [1.29, 1.82) is 0 Å². The molecule has 2 aromatic heterocycles. The zero-order chi connectivity index (χ0) is 86.9. The van der Waals surface area contributed by atoms with E-state index in [2.05, 4.69) is 467 Å². The molecule has 5 heteroatoms. The van der Waals surface area contributed by atoms with Gasteiger partial charge in [0.1, 0.15) is 0 Å². The SMILES string of the molecule is CC(C)(C)c1cc(-c2ccc3c(c2)N(c2ccc(-c4ccccc4)cc2-c2ccccc2)c2cc(-c4cc(C(C)(C)C)cc(C(C)(C)C)c4)cc4c2B3c2ccc(-n3c5ccc(C(C)(C)C)cc5c5cc(C(C)(C)C)ccc53)cc2N4c2cccc3c2sc2c(-c4cccc5c4C4(c6ccccc6-c6ccccc64)c4ccccc4-5)cccc23)cc(C(C)(C)C)c1. The zero-order valence-electron chi connectivity index (χ0n) is 76.0. The summed E-state index contributed by atoms with van der Waals surface area (Å²) in [5, 5.41) is 5.01. The van der Waals surface area contributed by atoms with E-state index in [1.165, 1.54) is 175 Å². The summed E-state index contributed by atoms with van der Waals surface area (Å²) in [6.45, 7) is 42.3. The van der Waals surface area contributed by atoms with Crippen LogP contribution in [0, 0.1) is 0 Å². The number of rotatable bonds is 8. The van der Waals surface area contributed by atoms with Gasteiger partial charge in [0, 0.05) is 60.2 Å². The van der Waals surface area contributed by atoms with E-state index in [1.807, 2.05) is 11.3 Å². The molecule has 2 aliphatic carbocycles. The molecule has 0 saturated carbocycles. The standard InChI is InChI=1S/C121H108BN3S/c1-115(2,3)80-52-58-104-96(70-80)97-71-81(116(4,5)6)53-59-105(97)123(104)86-54-56-102-108(72-86)125(106-49-33-45-94-93-44-32-43-92(113(93)126-114(94)106)91-42-31-41-90-89-40-27-30-48-100(89)121(111(90)91)98-46-28-25-38-87(98)88-39-26-29-47-99(88)121)110-67-79(78-62-84(119(13,14)15)69-85(63-78)120(16,17)18)66-109-112(110)122(102)101-55-50-76(77-60-82(117(7,8)9)68-83(61-77)118(10,11)12)65-107(101)124(109)103-57-51-75(73-34-21-19-22-35-73)64-95(103)74-36-23-20-24-37-74/h19-72H,1-18H3. The second-order valence-corrected chi connectivity index (χ2v) is 43.5. The van der Waals surface area contributed by atoms with Crippen LogP contribution in [0.5, 0.6) is 0 Å². The molecule has 0 N–H and O–H groups in total. The van der Waals surface area contributed by atoms with Gasteiger partial charge in [-0.05, 0) is 250 Å². The lowest BCUT2D eigenvalue weighted by molar-refractivity contribution is 0.568. The Balaban J connectivity index is 0.877. The Labute approximate surface area is 748 Å². The highest BCUT2D eigenvalue weighted by Gasteiger charge is 2.53. The number of fused-ring (bicyclic) bond motifs is 20. The maximum atomic E-state index is 2.76. The second kappa shape index (κ2) is 28.1. The molecule has 16 aromatic carbocycles. The molecule has 0 radical (unpaired) electrons. The van der Waals surface area contributed by atoms with Crippen molar-refractivity contribution in [2.75, 3.05) is 9.80 Å². The third-order valence-electron chi connectivity index (χ3n) is 28.3. The highest BCUT2D eigenvalue weighted by Crippen LogP contribution is 2.66. The minimum atomic E-state index is -0.553. The van der Waals surface area contributed by atoms with Crippen molar-refractivity contribution >= 4 is 111 Å². The molecular weight excluding hydrogens is 1540 g/mol. The Morgan fingerprint density at radius 2 is 0.635 bits per heavy atom. The summed E-state index contributed by atoms with van der Waals surface area (Å²) in [5.74, 6) is 0. The Morgan fingerprint density at radius 3 is 1.17 bits per heavy atom. The molecule has 0 amide bonds. The number of thiophene rings is 1. The van der Waals surface area contributed by atoms with Crippen molar-refractivity contribution in [2.45, 2.75) is 163 Å². The van der Waals surface area contributed by atoms with Gasteiger partial charge < -0.3 is 14.4 Å². The number of hydrogen-bond acceptors (Lipinski definition) is 3. The molecule has 22 rings (SSSR count). The fourth-order valence-corrected chi connectivity index (χ4v) is 22.8. The lowest BCUT2D eigenvalue weighted by Gasteiger charge is -2.45. The molecule has 0 fully saturated rings. The normalized spacial score (nSPS) is 14.0. The van der Waals surface area contributed by atoms with Gasteiger partial charge in [-0.15, -0.1) is 11.3 Å². The lowest BCUT2D eigenvalue weighted by atomic mass is 9.33. The van der Waals surface area contributed by atoms with Crippen LogP contribution in [-0.4, -0.2) is 11.3 Å². The third kappa shape index (κ3) is 12.3. The van der Waals surface area contributed by atoms with E-state index in [0.717, 1.165) is 56.5 Å². The lowest BCUT2D eigenvalue weighted by Crippen LogP contribution is -2.61. The van der Waals surface area contributed by atoms with Gasteiger partial charge in [0.25, 0.3) is 6.71 Å². The molecule has 126 heavy (non-hydrogen) atoms. The maximum Gasteiger partial charge on any atom is 0.252 e. The molecule has 1 spiro atoms. The molecule has 0 atom stereocenters. The van der Waals surface area contributed by atoms with Crippen molar-refractivity contribution in [2.24, 2.45) is 0 Å². The van der Waals surface area contributed by atoms with Gasteiger partial charge in [0.15, 0.2) is 0 Å². The van der Waals surface area contributed by atoms with E-state index in [-0.39, 0.29) is 39.2 Å². The van der Waals surface area contributed by atoms with E-state index >= 15 is 0 Å². The summed E-state index contributed by atoms with van der Waals surface area (Å²) in [5.41, 5.74) is 43.3. The van der Waals surface area contributed by atoms with E-state index in [9.17, 15) is 0 Å². The third-order valence-corrected chi connectivity index (χ3v) is 29.6. The first-order valence-corrected chi connectivity index (χ1v) is 46.2. The molecule has 0 unspecified atom stereocenters. The number of benzene rings is 16. The fraction of sp³-hybridized carbons (Fsp3) is 0.207. The first-order chi connectivity index (χ1) is 60.3. The summed E-state index contributed by atoms with van der Waals surface area (Å²) in [6.07, 6.45) is 0. The Hall–Kier alpha value is -12.8. The second-order valence-electron chi connectivity index (χ2n) is 42.5. The van der Waals surface area contributed by atoms with E-state index < -0.39 is 5.41 Å². The van der Waals surface area contributed by atoms with E-state index in [1.54, 1.807) is 0 Å². The number of hydrogen-bond donors (Lipinski definition) is 0. The van der Waals surface area contributed by atoms with Crippen LogP contribution in [0.25, 0.3) is 126 Å². The minimum Gasteiger partial charge on any atom is -0.311 e. The molecule has 0 saturated heterocycles. The monoisotopic (exact) mass is 1650 g/mol. The van der Waals surface area contributed by atoms with E-state index in [4.69, 9.17) is 0 Å². The van der Waals surface area contributed by atoms with Crippen LogP contribution in [0.2, 0.25) is 0 Å². The van der Waals surface area contributed by atoms with Crippen LogP contribution < -0.4 is 26.2 Å². The Bertz CT molecular complexity index is 7390. The molecule has 616 valence electrons. The number of anilines is 6. The van der Waals surface area contributed by atoms with Crippen LogP contribution in [-0.2, 0) is 37.9 Å². The van der Waals surface area contributed by atoms with Crippen LogP contribution in [0.1, 0.15) is 180 Å². The number of aromatic nitrogens is 1. The largest absolute Gasteiger partial charge is 0.311 e. The topological polar surface area (TPSA) is 11.4 Å². The van der Waals surface area contributed by atoms with Crippen LogP contribution in [0.15, 0.2) is 328 Å². The van der Waals surface area contributed by atoms with Crippen LogP contribution >= 0.6 is 11.3 Å². The molecule has 4 aliphatic rings. The fourth-order valence-electron chi connectivity index (χ4n) is 21.5. The summed E-state index contributed by atoms with van der Waals surface area (Å²) in [6, 6.07) is 129. The summed E-state index contributed by atoms with van der Waals surface area (Å²) < 4.78 is 5.09. The molecule has 3 nitrogen and oxygen atoms in total. The molecular formula is C121H108BN3S. The first kappa shape index (κ1) is 79.1. The average Bonchev–Trinajstić information content (AvgIpc) is 1.47. The molecule has 2 aliphatic heterocycles. The molecule has 4 heterocycles. The maximum absolute atomic E-state index is 2.76. The summed E-state index contributed by atoms with van der Waals surface area (Å²) in [4.78, 5) is 5.48. The van der Waals surface area contributed by atoms with Crippen LogP contribution in [0.4, 0.5) is 34.1 Å². The predicted octanol–water partition coefficient (Wildman–Crippen LogP) is 31.7. The van der Waals surface area contributed by atoms with Gasteiger partial charge in [-0.1, -0.05) is 379 Å². The van der Waals surface area contributed by atoms with Crippen molar-refractivity contribution in [1.82, 2.24) is 4.57 Å². The van der Waals surface area contributed by atoms with Crippen molar-refractivity contribution < 1.29 is 0 Å². The Morgan fingerprint density at radius 1 is 0.238 bits per heavy atom. The molecule has 18 aromatic rings. The quantitative estimate of drug-likeness (QED) is 0.141. The van der Waals surface area contributed by atoms with Gasteiger partial charge in [0.2, 0.25) is 0 Å². The highest BCUT2D eigenvalue weighted by atomic mass is 32.1. The first-order valence-electron chi connectivity index (χ1n) is 45.4.